The molecule has 33 heavy (non-hydrogen) atoms. The minimum atomic E-state index is -0.456. The molecule has 170 valence electrons. The fourth-order valence-electron chi connectivity index (χ4n) is 4.27. The number of nitro benzene ring substituents is 1. The molecule has 0 saturated carbocycles. The second-order valence-corrected chi connectivity index (χ2v) is 7.98. The summed E-state index contributed by atoms with van der Waals surface area (Å²) in [6.07, 6.45) is 0.500. The number of carbonyl (C=O) groups excluding carboxylic acids is 1. The Morgan fingerprint density at radius 2 is 1.85 bits per heavy atom. The number of hydrogen-bond acceptors (Lipinski definition) is 7. The first kappa shape index (κ1) is 21.1. The summed E-state index contributed by atoms with van der Waals surface area (Å²) >= 11 is 0. The Kier molecular flexibility index (Phi) is 5.51. The van der Waals surface area contributed by atoms with Gasteiger partial charge in [0.25, 0.3) is 11.6 Å². The van der Waals surface area contributed by atoms with Crippen LogP contribution in [0.15, 0.2) is 47.0 Å². The van der Waals surface area contributed by atoms with Crippen LogP contribution in [-0.2, 0) is 17.7 Å². The van der Waals surface area contributed by atoms with Crippen LogP contribution in [0.2, 0.25) is 0 Å². The van der Waals surface area contributed by atoms with Crippen molar-refractivity contribution in [1.29, 1.82) is 0 Å². The number of carbonyl (C=O) groups is 1. The molecule has 5 rings (SSSR count). The highest BCUT2D eigenvalue weighted by Gasteiger charge is 2.30. The van der Waals surface area contributed by atoms with Crippen molar-refractivity contribution in [3.05, 3.63) is 75.2 Å². The number of nitro groups is 1. The maximum atomic E-state index is 13.3. The Balaban J connectivity index is 1.41. The van der Waals surface area contributed by atoms with Crippen LogP contribution in [0.1, 0.15) is 21.6 Å². The van der Waals surface area contributed by atoms with Gasteiger partial charge >= 0.3 is 0 Å². The summed E-state index contributed by atoms with van der Waals surface area (Å²) in [4.78, 5) is 28.1. The highest BCUT2D eigenvalue weighted by molar-refractivity contribution is 5.96. The third-order valence-corrected chi connectivity index (χ3v) is 6.00. The minimum Gasteiger partial charge on any atom is -0.378 e. The highest BCUT2D eigenvalue weighted by atomic mass is 19.1. The third-order valence-electron chi connectivity index (χ3n) is 6.00. The van der Waals surface area contributed by atoms with Gasteiger partial charge in [-0.25, -0.2) is 4.39 Å². The lowest BCUT2D eigenvalue weighted by Gasteiger charge is -2.29. The lowest BCUT2D eigenvalue weighted by molar-refractivity contribution is -0.384. The average molecular weight is 452 g/mol. The zero-order valence-electron chi connectivity index (χ0n) is 17.7. The number of hydrogen-bond donors (Lipinski definition) is 0. The van der Waals surface area contributed by atoms with Gasteiger partial charge in [-0.2, -0.15) is 0 Å². The average Bonchev–Trinajstić information content (AvgIpc) is 3.27. The van der Waals surface area contributed by atoms with Crippen molar-refractivity contribution in [3.63, 3.8) is 0 Å². The molecule has 0 spiro atoms. The molecule has 9 nitrogen and oxygen atoms in total. The monoisotopic (exact) mass is 452 g/mol. The number of benzene rings is 2. The molecule has 2 aliphatic heterocycles. The van der Waals surface area contributed by atoms with Gasteiger partial charge in [0.15, 0.2) is 5.76 Å². The van der Waals surface area contributed by atoms with Crippen LogP contribution in [0.3, 0.4) is 0 Å². The zero-order valence-corrected chi connectivity index (χ0v) is 17.7. The molecule has 1 aromatic heterocycles. The number of amides is 1. The quantitative estimate of drug-likeness (QED) is 0.441. The van der Waals surface area contributed by atoms with Gasteiger partial charge in [-0.15, -0.1) is 0 Å². The van der Waals surface area contributed by atoms with Gasteiger partial charge in [-0.1, -0.05) is 5.16 Å². The van der Waals surface area contributed by atoms with E-state index >= 15 is 0 Å². The molecule has 2 aliphatic rings. The molecule has 3 aromatic rings. The van der Waals surface area contributed by atoms with E-state index in [1.807, 2.05) is 4.90 Å². The molecule has 0 aliphatic carbocycles. The van der Waals surface area contributed by atoms with E-state index in [0.717, 1.165) is 11.3 Å². The molecule has 10 heteroatoms. The first-order chi connectivity index (χ1) is 16.0. The van der Waals surface area contributed by atoms with E-state index in [4.69, 9.17) is 9.26 Å². The number of aromatic nitrogens is 1. The van der Waals surface area contributed by atoms with Gasteiger partial charge < -0.3 is 19.1 Å². The van der Waals surface area contributed by atoms with E-state index in [1.165, 1.54) is 18.2 Å². The number of ether oxygens (including phenoxy) is 1. The van der Waals surface area contributed by atoms with Crippen molar-refractivity contribution < 1.29 is 23.4 Å². The second kappa shape index (κ2) is 8.62. The summed E-state index contributed by atoms with van der Waals surface area (Å²) in [6.45, 7) is 2.79. The van der Waals surface area contributed by atoms with E-state index in [-0.39, 0.29) is 29.5 Å². The lowest BCUT2D eigenvalue weighted by atomic mass is 10.0. The summed E-state index contributed by atoms with van der Waals surface area (Å²) in [5, 5.41) is 15.9. The van der Waals surface area contributed by atoms with E-state index in [0.29, 0.717) is 56.3 Å². The van der Waals surface area contributed by atoms with Gasteiger partial charge in [0, 0.05) is 48.8 Å². The molecule has 0 bridgehead atoms. The number of anilines is 1. The van der Waals surface area contributed by atoms with E-state index in [9.17, 15) is 19.3 Å². The van der Waals surface area contributed by atoms with Crippen molar-refractivity contribution in [1.82, 2.24) is 10.1 Å². The summed E-state index contributed by atoms with van der Waals surface area (Å²) in [5.41, 5.74) is 2.83. The fourth-order valence-corrected chi connectivity index (χ4v) is 4.27. The summed E-state index contributed by atoms with van der Waals surface area (Å²) < 4.78 is 24.1. The molecule has 1 fully saturated rings. The largest absolute Gasteiger partial charge is 0.378 e. The molecule has 0 N–H and O–H groups in total. The van der Waals surface area contributed by atoms with Crippen LogP contribution < -0.4 is 4.90 Å². The minimum absolute atomic E-state index is 0.0996. The lowest BCUT2D eigenvalue weighted by Crippen LogP contribution is -2.37. The SMILES string of the molecule is O=C(c1ccc(N2CCOCC2)c([N+](=O)[O-])c1)N1CCc2noc(-c3ccc(F)cc3)c2C1. The first-order valence-corrected chi connectivity index (χ1v) is 10.6. The number of halogens is 1. The zero-order chi connectivity index (χ0) is 22.9. The number of morpholine rings is 1. The predicted octanol–water partition coefficient (Wildman–Crippen LogP) is 3.42. The van der Waals surface area contributed by atoms with E-state index in [1.54, 1.807) is 29.2 Å². The Labute approximate surface area is 188 Å². The Morgan fingerprint density at radius 1 is 1.09 bits per heavy atom. The van der Waals surface area contributed by atoms with E-state index in [2.05, 4.69) is 5.16 Å². The highest BCUT2D eigenvalue weighted by Crippen LogP contribution is 2.33. The molecule has 0 atom stereocenters. The maximum absolute atomic E-state index is 13.3. The standard InChI is InChI=1S/C23H21FN4O5/c24-17-4-1-15(2-5-17)22-18-14-27(8-7-19(18)25-33-22)23(29)16-3-6-20(21(13-16)28(30)31)26-9-11-32-12-10-26/h1-6,13H,7-12,14H2. The van der Waals surface area contributed by atoms with Crippen LogP contribution in [0.5, 0.6) is 0 Å². The summed E-state index contributed by atoms with van der Waals surface area (Å²) in [7, 11) is 0. The van der Waals surface area contributed by atoms with Crippen molar-refractivity contribution >= 4 is 17.3 Å². The second-order valence-electron chi connectivity index (χ2n) is 7.98. The molecule has 0 unspecified atom stereocenters. The van der Waals surface area contributed by atoms with Crippen LogP contribution in [0, 0.1) is 15.9 Å². The summed E-state index contributed by atoms with van der Waals surface area (Å²) in [5.74, 6) is -0.161. The molecule has 1 amide bonds. The third kappa shape index (κ3) is 4.05. The number of fused-ring (bicyclic) bond motifs is 1. The predicted molar refractivity (Wildman–Crippen MR) is 116 cm³/mol. The Hall–Kier alpha value is -3.79. The van der Waals surface area contributed by atoms with Crippen LogP contribution in [-0.4, -0.2) is 53.7 Å². The smallest absolute Gasteiger partial charge is 0.293 e. The maximum Gasteiger partial charge on any atom is 0.293 e. The molecule has 3 heterocycles. The first-order valence-electron chi connectivity index (χ1n) is 10.6. The van der Waals surface area contributed by atoms with Gasteiger partial charge in [-0.3, -0.25) is 14.9 Å². The molecule has 1 saturated heterocycles. The molecular formula is C23H21FN4O5. The Morgan fingerprint density at radius 3 is 2.58 bits per heavy atom. The normalized spacial score (nSPS) is 15.9. The van der Waals surface area contributed by atoms with Crippen LogP contribution >= 0.6 is 0 Å². The van der Waals surface area contributed by atoms with Gasteiger partial charge in [0.2, 0.25) is 0 Å². The van der Waals surface area contributed by atoms with Crippen molar-refractivity contribution in [2.24, 2.45) is 0 Å². The Bertz CT molecular complexity index is 1200. The molecular weight excluding hydrogens is 431 g/mol. The van der Waals surface area contributed by atoms with Crippen molar-refractivity contribution in [3.8, 4) is 11.3 Å². The topological polar surface area (TPSA) is 102 Å². The van der Waals surface area contributed by atoms with Gasteiger partial charge in [0.05, 0.1) is 30.4 Å². The van der Waals surface area contributed by atoms with Crippen molar-refractivity contribution in [2.45, 2.75) is 13.0 Å². The van der Waals surface area contributed by atoms with Gasteiger partial charge in [0.1, 0.15) is 11.5 Å². The molecule has 2 aromatic carbocycles. The van der Waals surface area contributed by atoms with Crippen molar-refractivity contribution in [2.75, 3.05) is 37.7 Å². The number of rotatable bonds is 4. The van der Waals surface area contributed by atoms with Crippen LogP contribution in [0.25, 0.3) is 11.3 Å². The van der Waals surface area contributed by atoms with Crippen LogP contribution in [0.4, 0.5) is 15.8 Å². The molecule has 0 radical (unpaired) electrons. The fraction of sp³-hybridized carbons (Fsp3) is 0.304. The van der Waals surface area contributed by atoms with E-state index < -0.39 is 4.92 Å². The number of nitrogens with zero attached hydrogens (tertiary/aromatic N) is 4. The summed E-state index contributed by atoms with van der Waals surface area (Å²) in [6, 6.07) is 10.5. The van der Waals surface area contributed by atoms with Gasteiger partial charge in [-0.05, 0) is 36.4 Å².